The second kappa shape index (κ2) is 10.7. The minimum absolute atomic E-state index is 0.0939. The van der Waals surface area contributed by atoms with E-state index in [2.05, 4.69) is 10.3 Å². The van der Waals surface area contributed by atoms with Gasteiger partial charge in [0.2, 0.25) is 5.60 Å². The van der Waals surface area contributed by atoms with Crippen LogP contribution < -0.4 is 15.1 Å². The Kier molecular flexibility index (Phi) is 7.80. The summed E-state index contributed by atoms with van der Waals surface area (Å²) in [5, 5.41) is 13.5. The molecule has 2 fully saturated rings. The van der Waals surface area contributed by atoms with Gasteiger partial charge in [-0.2, -0.15) is 0 Å². The molecule has 38 heavy (non-hydrogen) atoms. The summed E-state index contributed by atoms with van der Waals surface area (Å²) in [6.45, 7) is 7.65. The first-order chi connectivity index (χ1) is 17.9. The molecule has 2 aliphatic rings. The van der Waals surface area contributed by atoms with Gasteiger partial charge in [0.25, 0.3) is 11.8 Å². The summed E-state index contributed by atoms with van der Waals surface area (Å²) < 4.78 is 19.0. The third-order valence-corrected chi connectivity index (χ3v) is 6.56. The highest BCUT2D eigenvalue weighted by Crippen LogP contribution is 2.29. The number of pyridine rings is 1. The lowest BCUT2D eigenvalue weighted by Crippen LogP contribution is -2.52. The standard InChI is InChI=1S/C26H31ClFN5O5/c1-25(2,3)38-24(36)32-10-8-31(9-11-32)21-5-4-20(16-29-21)33-7-6-26(37,23(33)35)22(34)30-15-17-12-18(27)14-19(28)13-17/h4-5,12-14,16,37H,6-11,15H2,1-3H3,(H,30,34)/t26-/m0/s1. The third kappa shape index (κ3) is 6.16. The number of halogens is 2. The van der Waals surface area contributed by atoms with Gasteiger partial charge in [-0.25, -0.2) is 14.2 Å². The lowest BCUT2D eigenvalue weighted by molar-refractivity contribution is -0.149. The Balaban J connectivity index is 1.34. The number of piperazine rings is 1. The van der Waals surface area contributed by atoms with Gasteiger partial charge in [0.05, 0.1) is 11.9 Å². The van der Waals surface area contributed by atoms with Crippen LogP contribution in [0.2, 0.25) is 5.02 Å². The van der Waals surface area contributed by atoms with Crippen LogP contribution in [0.15, 0.2) is 36.5 Å². The molecule has 3 amide bonds. The maximum Gasteiger partial charge on any atom is 0.410 e. The number of nitrogens with zero attached hydrogens (tertiary/aromatic N) is 4. The highest BCUT2D eigenvalue weighted by atomic mass is 35.5. The number of aliphatic hydroxyl groups is 1. The van der Waals surface area contributed by atoms with Crippen molar-refractivity contribution in [2.75, 3.05) is 42.5 Å². The number of carbonyl (C=O) groups is 3. The Morgan fingerprint density at radius 2 is 1.87 bits per heavy atom. The molecule has 204 valence electrons. The first kappa shape index (κ1) is 27.6. The first-order valence-electron chi connectivity index (χ1n) is 12.3. The largest absolute Gasteiger partial charge is 0.444 e. The normalized spacial score (nSPS) is 20.1. The topological polar surface area (TPSA) is 115 Å². The highest BCUT2D eigenvalue weighted by molar-refractivity contribution is 6.30. The Bertz CT molecular complexity index is 1190. The number of ether oxygens (including phenoxy) is 1. The van der Waals surface area contributed by atoms with Gasteiger partial charge in [0.1, 0.15) is 17.2 Å². The summed E-state index contributed by atoms with van der Waals surface area (Å²) in [6.07, 6.45) is 1.08. The van der Waals surface area contributed by atoms with Crippen molar-refractivity contribution in [3.63, 3.8) is 0 Å². The van der Waals surface area contributed by atoms with Crippen LogP contribution in [0.5, 0.6) is 0 Å². The molecule has 0 aliphatic carbocycles. The molecule has 0 unspecified atom stereocenters. The van der Waals surface area contributed by atoms with Crippen molar-refractivity contribution >= 4 is 41.0 Å². The van der Waals surface area contributed by atoms with Gasteiger partial charge in [0.15, 0.2) is 0 Å². The molecule has 2 aliphatic heterocycles. The quantitative estimate of drug-likeness (QED) is 0.553. The summed E-state index contributed by atoms with van der Waals surface area (Å²) in [5.41, 5.74) is -1.94. The predicted octanol–water partition coefficient (Wildman–Crippen LogP) is 2.72. The van der Waals surface area contributed by atoms with E-state index >= 15 is 0 Å². The van der Waals surface area contributed by atoms with E-state index in [1.807, 2.05) is 25.7 Å². The van der Waals surface area contributed by atoms with Crippen molar-refractivity contribution < 1.29 is 28.6 Å². The maximum absolute atomic E-state index is 13.5. The van der Waals surface area contributed by atoms with Gasteiger partial charge >= 0.3 is 6.09 Å². The van der Waals surface area contributed by atoms with Crippen molar-refractivity contribution in [1.82, 2.24) is 15.2 Å². The summed E-state index contributed by atoms with van der Waals surface area (Å²) in [6, 6.07) is 7.31. The molecule has 2 N–H and O–H groups in total. The van der Waals surface area contributed by atoms with Crippen LogP contribution in [0, 0.1) is 5.82 Å². The molecule has 3 heterocycles. The number of anilines is 2. The SMILES string of the molecule is CC(C)(C)OC(=O)N1CCN(c2ccc(N3CC[C@](O)(C(=O)NCc4cc(F)cc(Cl)c4)C3=O)cn2)CC1. The number of hydrogen-bond acceptors (Lipinski definition) is 7. The van der Waals surface area contributed by atoms with E-state index in [0.717, 1.165) is 6.07 Å². The van der Waals surface area contributed by atoms with Crippen molar-refractivity contribution in [1.29, 1.82) is 0 Å². The average Bonchev–Trinajstić information content (AvgIpc) is 3.16. The van der Waals surface area contributed by atoms with Crippen LogP contribution in [-0.2, 0) is 20.9 Å². The molecule has 2 saturated heterocycles. The Morgan fingerprint density at radius 1 is 1.16 bits per heavy atom. The fraction of sp³-hybridized carbons (Fsp3) is 0.462. The van der Waals surface area contributed by atoms with E-state index in [4.69, 9.17) is 16.3 Å². The van der Waals surface area contributed by atoms with Crippen molar-refractivity contribution in [2.45, 2.75) is 44.9 Å². The summed E-state index contributed by atoms with van der Waals surface area (Å²) in [5.74, 6) is -1.49. The van der Waals surface area contributed by atoms with E-state index < -0.39 is 28.8 Å². The van der Waals surface area contributed by atoms with Crippen molar-refractivity contribution in [3.8, 4) is 0 Å². The van der Waals surface area contributed by atoms with E-state index in [-0.39, 0.29) is 30.6 Å². The molecule has 0 radical (unpaired) electrons. The molecule has 0 bridgehead atoms. The Labute approximate surface area is 225 Å². The van der Waals surface area contributed by atoms with Crippen LogP contribution in [0.25, 0.3) is 0 Å². The fourth-order valence-electron chi connectivity index (χ4n) is 4.37. The van der Waals surface area contributed by atoms with Gasteiger partial charge in [-0.05, 0) is 56.7 Å². The average molecular weight is 548 g/mol. The molecule has 10 nitrogen and oxygen atoms in total. The summed E-state index contributed by atoms with van der Waals surface area (Å²) in [4.78, 5) is 47.5. The van der Waals surface area contributed by atoms with Crippen LogP contribution in [0.3, 0.4) is 0 Å². The fourth-order valence-corrected chi connectivity index (χ4v) is 4.62. The van der Waals surface area contributed by atoms with Crippen LogP contribution >= 0.6 is 11.6 Å². The zero-order valence-corrected chi connectivity index (χ0v) is 22.3. The van der Waals surface area contributed by atoms with Crippen molar-refractivity contribution in [2.24, 2.45) is 0 Å². The maximum atomic E-state index is 13.5. The number of carbonyl (C=O) groups excluding carboxylic acids is 3. The van der Waals surface area contributed by atoms with Gasteiger partial charge in [0, 0.05) is 50.7 Å². The second-order valence-corrected chi connectivity index (χ2v) is 10.8. The van der Waals surface area contributed by atoms with Crippen molar-refractivity contribution in [3.05, 3.63) is 52.9 Å². The number of hydrogen-bond donors (Lipinski definition) is 2. The second-order valence-electron chi connectivity index (χ2n) is 10.4. The lowest BCUT2D eigenvalue weighted by atomic mass is 10.0. The minimum Gasteiger partial charge on any atom is -0.444 e. The number of benzene rings is 1. The third-order valence-electron chi connectivity index (χ3n) is 6.35. The van der Waals surface area contributed by atoms with Gasteiger partial charge < -0.3 is 29.9 Å². The molecular weight excluding hydrogens is 517 g/mol. The van der Waals surface area contributed by atoms with Gasteiger partial charge in [-0.3, -0.25) is 9.59 Å². The molecule has 4 rings (SSSR count). The molecule has 0 spiro atoms. The molecule has 2 aromatic rings. The number of rotatable bonds is 5. The molecule has 1 atom stereocenters. The molecular formula is C26H31ClFN5O5. The molecule has 1 aromatic heterocycles. The van der Waals surface area contributed by atoms with Gasteiger partial charge in [-0.15, -0.1) is 0 Å². The highest BCUT2D eigenvalue weighted by Gasteiger charge is 2.51. The zero-order chi connectivity index (χ0) is 27.7. The summed E-state index contributed by atoms with van der Waals surface area (Å²) in [7, 11) is 0. The number of aromatic nitrogens is 1. The Hall–Kier alpha value is -3.44. The van der Waals surface area contributed by atoms with E-state index in [0.29, 0.717) is 43.2 Å². The summed E-state index contributed by atoms with van der Waals surface area (Å²) >= 11 is 5.84. The Morgan fingerprint density at radius 3 is 2.47 bits per heavy atom. The smallest absolute Gasteiger partial charge is 0.410 e. The molecule has 1 aromatic carbocycles. The number of amides is 3. The predicted molar refractivity (Wildman–Crippen MR) is 139 cm³/mol. The molecule has 12 heteroatoms. The van der Waals surface area contributed by atoms with E-state index in [1.165, 1.54) is 23.2 Å². The first-order valence-corrected chi connectivity index (χ1v) is 12.7. The molecule has 0 saturated carbocycles. The van der Waals surface area contributed by atoms with E-state index in [9.17, 15) is 23.9 Å². The lowest BCUT2D eigenvalue weighted by Gasteiger charge is -2.36. The van der Waals surface area contributed by atoms with Crippen LogP contribution in [-0.4, -0.2) is 76.8 Å². The zero-order valence-electron chi connectivity index (χ0n) is 21.5. The van der Waals surface area contributed by atoms with E-state index in [1.54, 1.807) is 17.0 Å². The van der Waals surface area contributed by atoms with Crippen LogP contribution in [0.4, 0.5) is 20.7 Å². The van der Waals surface area contributed by atoms with Gasteiger partial charge in [-0.1, -0.05) is 11.6 Å². The van der Waals surface area contributed by atoms with Crippen LogP contribution in [0.1, 0.15) is 32.8 Å². The number of nitrogens with one attached hydrogen (secondary N) is 1. The monoisotopic (exact) mass is 547 g/mol. The minimum atomic E-state index is -2.24.